The quantitative estimate of drug-likeness (QED) is 0.275. The molecule has 0 bridgehead atoms. The fourth-order valence-corrected chi connectivity index (χ4v) is 4.72. The third-order valence-corrected chi connectivity index (χ3v) is 6.55. The summed E-state index contributed by atoms with van der Waals surface area (Å²) in [7, 11) is 0. The van der Waals surface area contributed by atoms with Crippen molar-refractivity contribution < 1.29 is 29.0 Å². The second kappa shape index (κ2) is 13.3. The number of hydrogen-bond donors (Lipinski definition) is 3. The minimum Gasteiger partial charge on any atom is -0.481 e. The van der Waals surface area contributed by atoms with Gasteiger partial charge in [0.15, 0.2) is 0 Å². The molecule has 3 N–H and O–H groups in total. The Labute approximate surface area is 222 Å². The molecule has 1 atom stereocenters. The van der Waals surface area contributed by atoms with E-state index in [1.807, 2.05) is 66.7 Å². The number of carboxylic acids is 1. The Balaban J connectivity index is 1.19. The summed E-state index contributed by atoms with van der Waals surface area (Å²) in [6.45, 7) is 0.741. The SMILES string of the molecule is O=C(O)C[C@H](CCCCNC(=O)OCc1ccccc1)NC(=O)OCC1c2ccccc2-c2ccccc21. The third-order valence-electron chi connectivity index (χ3n) is 6.55. The number of carbonyl (C=O) groups is 3. The summed E-state index contributed by atoms with van der Waals surface area (Å²) in [5.74, 6) is -1.07. The first-order chi connectivity index (χ1) is 18.5. The lowest BCUT2D eigenvalue weighted by molar-refractivity contribution is -0.137. The number of fused-ring (bicyclic) bond motifs is 3. The maximum absolute atomic E-state index is 12.6. The predicted octanol–water partition coefficient (Wildman–Crippen LogP) is 5.47. The van der Waals surface area contributed by atoms with Gasteiger partial charge in [-0.3, -0.25) is 4.79 Å². The first-order valence-electron chi connectivity index (χ1n) is 12.8. The Morgan fingerprint density at radius 1 is 0.789 bits per heavy atom. The van der Waals surface area contributed by atoms with Gasteiger partial charge in [-0.15, -0.1) is 0 Å². The van der Waals surface area contributed by atoms with Crippen LogP contribution in [0.1, 0.15) is 48.3 Å². The number of rotatable bonds is 12. The van der Waals surface area contributed by atoms with Crippen molar-refractivity contribution in [1.29, 1.82) is 0 Å². The molecule has 38 heavy (non-hydrogen) atoms. The van der Waals surface area contributed by atoms with E-state index in [4.69, 9.17) is 9.47 Å². The third kappa shape index (κ3) is 7.35. The second-order valence-corrected chi connectivity index (χ2v) is 9.25. The van der Waals surface area contributed by atoms with Crippen LogP contribution in [0.2, 0.25) is 0 Å². The van der Waals surface area contributed by atoms with Crippen molar-refractivity contribution in [3.63, 3.8) is 0 Å². The Hall–Kier alpha value is -4.33. The number of amides is 2. The summed E-state index contributed by atoms with van der Waals surface area (Å²) < 4.78 is 10.7. The molecule has 2 amide bonds. The lowest BCUT2D eigenvalue weighted by Crippen LogP contribution is -2.37. The maximum atomic E-state index is 12.6. The Kier molecular flexibility index (Phi) is 9.34. The van der Waals surface area contributed by atoms with Gasteiger partial charge in [-0.05, 0) is 47.1 Å². The molecule has 4 rings (SSSR count). The first kappa shape index (κ1) is 26.7. The highest BCUT2D eigenvalue weighted by Crippen LogP contribution is 2.44. The fourth-order valence-electron chi connectivity index (χ4n) is 4.72. The lowest BCUT2D eigenvalue weighted by Gasteiger charge is -2.19. The van der Waals surface area contributed by atoms with E-state index in [0.29, 0.717) is 25.8 Å². The summed E-state index contributed by atoms with van der Waals surface area (Å²) in [4.78, 5) is 35.8. The highest BCUT2D eigenvalue weighted by Gasteiger charge is 2.29. The molecule has 1 aliphatic carbocycles. The van der Waals surface area contributed by atoms with Crippen molar-refractivity contribution in [3.8, 4) is 11.1 Å². The van der Waals surface area contributed by atoms with Crippen LogP contribution in [0.25, 0.3) is 11.1 Å². The van der Waals surface area contributed by atoms with Gasteiger partial charge in [0.1, 0.15) is 13.2 Å². The lowest BCUT2D eigenvalue weighted by atomic mass is 9.98. The molecule has 8 nitrogen and oxygen atoms in total. The van der Waals surface area contributed by atoms with Crippen molar-refractivity contribution in [1.82, 2.24) is 10.6 Å². The molecule has 0 saturated heterocycles. The van der Waals surface area contributed by atoms with Crippen LogP contribution in [0.5, 0.6) is 0 Å². The van der Waals surface area contributed by atoms with Crippen LogP contribution in [0.4, 0.5) is 9.59 Å². The minimum atomic E-state index is -1.00. The molecular formula is C30H32N2O6. The molecule has 0 saturated carbocycles. The van der Waals surface area contributed by atoms with Crippen LogP contribution in [0.15, 0.2) is 78.9 Å². The van der Waals surface area contributed by atoms with E-state index < -0.39 is 24.2 Å². The van der Waals surface area contributed by atoms with E-state index in [1.54, 1.807) is 0 Å². The molecule has 1 aliphatic rings. The molecular weight excluding hydrogens is 484 g/mol. The zero-order valence-corrected chi connectivity index (χ0v) is 21.1. The molecule has 0 aliphatic heterocycles. The average Bonchev–Trinajstić information content (AvgIpc) is 3.24. The summed E-state index contributed by atoms with van der Waals surface area (Å²) in [5, 5.41) is 14.7. The second-order valence-electron chi connectivity index (χ2n) is 9.25. The van der Waals surface area contributed by atoms with Gasteiger partial charge in [0.25, 0.3) is 0 Å². The van der Waals surface area contributed by atoms with Gasteiger partial charge in [-0.1, -0.05) is 78.9 Å². The molecule has 0 heterocycles. The number of alkyl carbamates (subject to hydrolysis) is 2. The standard InChI is InChI=1S/C30H32N2O6/c33-28(34)18-22(12-8-9-17-31-29(35)37-19-21-10-2-1-3-11-21)32-30(36)38-20-27-25-15-6-4-13-23(25)24-14-5-7-16-26(24)27/h1-7,10-11,13-16,22,27H,8-9,12,17-20H2,(H,31,35)(H,32,36)(H,33,34)/t22-/m0/s1. The fraction of sp³-hybridized carbons (Fsp3) is 0.300. The number of benzene rings is 3. The van der Waals surface area contributed by atoms with Crippen molar-refractivity contribution in [3.05, 3.63) is 95.6 Å². The molecule has 0 spiro atoms. The normalized spacial score (nSPS) is 12.6. The van der Waals surface area contributed by atoms with Crippen LogP contribution in [-0.2, 0) is 20.9 Å². The van der Waals surface area contributed by atoms with E-state index in [2.05, 4.69) is 22.8 Å². The van der Waals surface area contributed by atoms with E-state index in [-0.39, 0.29) is 25.6 Å². The molecule has 0 unspecified atom stereocenters. The van der Waals surface area contributed by atoms with Crippen molar-refractivity contribution in [2.24, 2.45) is 0 Å². The number of carboxylic acid groups (broad SMARTS) is 1. The largest absolute Gasteiger partial charge is 0.481 e. The van der Waals surface area contributed by atoms with E-state index in [9.17, 15) is 19.5 Å². The molecule has 3 aromatic rings. The van der Waals surface area contributed by atoms with Gasteiger partial charge in [-0.2, -0.15) is 0 Å². The summed E-state index contributed by atoms with van der Waals surface area (Å²) in [6, 6.07) is 25.0. The maximum Gasteiger partial charge on any atom is 0.407 e. The topological polar surface area (TPSA) is 114 Å². The molecule has 0 radical (unpaired) electrons. The highest BCUT2D eigenvalue weighted by molar-refractivity contribution is 5.79. The number of ether oxygens (including phenoxy) is 2. The number of nitrogens with one attached hydrogen (secondary N) is 2. The minimum absolute atomic E-state index is 0.0706. The number of hydrogen-bond acceptors (Lipinski definition) is 5. The number of carbonyl (C=O) groups excluding carboxylic acids is 2. The average molecular weight is 517 g/mol. The van der Waals surface area contributed by atoms with E-state index in [1.165, 1.54) is 0 Å². The number of aliphatic carboxylic acids is 1. The van der Waals surface area contributed by atoms with Gasteiger partial charge >= 0.3 is 18.2 Å². The highest BCUT2D eigenvalue weighted by atomic mass is 16.6. The van der Waals surface area contributed by atoms with Gasteiger partial charge in [0.05, 0.1) is 6.42 Å². The van der Waals surface area contributed by atoms with Crippen LogP contribution in [0.3, 0.4) is 0 Å². The molecule has 3 aromatic carbocycles. The van der Waals surface area contributed by atoms with Crippen LogP contribution < -0.4 is 10.6 Å². The summed E-state index contributed by atoms with van der Waals surface area (Å²) >= 11 is 0. The van der Waals surface area contributed by atoms with Gasteiger partial charge in [-0.25, -0.2) is 9.59 Å². The van der Waals surface area contributed by atoms with Crippen LogP contribution in [-0.4, -0.2) is 42.5 Å². The van der Waals surface area contributed by atoms with E-state index >= 15 is 0 Å². The first-order valence-corrected chi connectivity index (χ1v) is 12.8. The monoisotopic (exact) mass is 516 g/mol. The van der Waals surface area contributed by atoms with Gasteiger partial charge in [0.2, 0.25) is 0 Å². The predicted molar refractivity (Wildman–Crippen MR) is 143 cm³/mol. The number of unbranched alkanes of at least 4 members (excludes halogenated alkanes) is 1. The van der Waals surface area contributed by atoms with E-state index in [0.717, 1.165) is 27.8 Å². The van der Waals surface area contributed by atoms with Crippen molar-refractivity contribution >= 4 is 18.2 Å². The van der Waals surface area contributed by atoms with Crippen molar-refractivity contribution in [2.75, 3.05) is 13.2 Å². The molecule has 8 heteroatoms. The van der Waals surface area contributed by atoms with Gasteiger partial charge in [0, 0.05) is 18.5 Å². The summed E-state index contributed by atoms with van der Waals surface area (Å²) in [5.41, 5.74) is 5.40. The van der Waals surface area contributed by atoms with Crippen molar-refractivity contribution in [2.45, 2.75) is 44.2 Å². The molecule has 0 fully saturated rings. The Morgan fingerprint density at radius 2 is 1.42 bits per heavy atom. The zero-order valence-electron chi connectivity index (χ0n) is 21.1. The smallest absolute Gasteiger partial charge is 0.407 e. The molecule has 198 valence electrons. The molecule has 0 aromatic heterocycles. The Bertz CT molecular complexity index is 1200. The zero-order chi connectivity index (χ0) is 26.7. The van der Waals surface area contributed by atoms with Gasteiger partial charge < -0.3 is 25.2 Å². The van der Waals surface area contributed by atoms with Crippen LogP contribution in [0, 0.1) is 0 Å². The summed E-state index contributed by atoms with van der Waals surface area (Å²) in [6.07, 6.45) is 0.311. The Morgan fingerprint density at radius 3 is 2.08 bits per heavy atom. The van der Waals surface area contributed by atoms with Crippen LogP contribution >= 0.6 is 0 Å².